The van der Waals surface area contributed by atoms with Crippen molar-refractivity contribution in [3.05, 3.63) is 21.5 Å². The molecular weight excluding hydrogens is 274 g/mol. The summed E-state index contributed by atoms with van der Waals surface area (Å²) in [7, 11) is 0. The van der Waals surface area contributed by atoms with Crippen LogP contribution in [-0.4, -0.2) is 16.0 Å². The first kappa shape index (κ1) is 14.6. The van der Waals surface area contributed by atoms with Crippen molar-refractivity contribution in [3.63, 3.8) is 0 Å². The number of nitrogens with zero attached hydrogens (tertiary/aromatic N) is 2. The van der Waals surface area contributed by atoms with E-state index in [4.69, 9.17) is 4.98 Å². The number of aromatic nitrogens is 2. The molecule has 2 aromatic heterocycles. The van der Waals surface area contributed by atoms with Crippen LogP contribution >= 0.6 is 22.7 Å². The fourth-order valence-electron chi connectivity index (χ4n) is 1.53. The molecule has 0 aliphatic heterocycles. The summed E-state index contributed by atoms with van der Waals surface area (Å²) >= 11 is 3.39. The highest BCUT2D eigenvalue weighted by atomic mass is 32.1. The van der Waals surface area contributed by atoms with Crippen LogP contribution in [0.4, 0.5) is 0 Å². The molecule has 0 spiro atoms. The summed E-state index contributed by atoms with van der Waals surface area (Å²) < 4.78 is 0. The summed E-state index contributed by atoms with van der Waals surface area (Å²) in [5.41, 5.74) is 2.22. The van der Waals surface area contributed by atoms with Crippen molar-refractivity contribution in [2.24, 2.45) is 0 Å². The highest BCUT2D eigenvalue weighted by molar-refractivity contribution is 7.14. The predicted octanol–water partition coefficient (Wildman–Crippen LogP) is 4.06. The molecule has 0 fully saturated rings. The van der Waals surface area contributed by atoms with Crippen LogP contribution in [0, 0.1) is 0 Å². The smallest absolute Gasteiger partial charge is 0.143 e. The zero-order valence-electron chi connectivity index (χ0n) is 12.2. The van der Waals surface area contributed by atoms with Gasteiger partial charge in [0.25, 0.3) is 0 Å². The van der Waals surface area contributed by atoms with Crippen molar-refractivity contribution in [1.29, 1.82) is 0 Å². The van der Waals surface area contributed by atoms with Crippen LogP contribution in [0.15, 0.2) is 10.8 Å². The van der Waals surface area contributed by atoms with Crippen molar-refractivity contribution >= 4 is 22.7 Å². The van der Waals surface area contributed by atoms with Crippen molar-refractivity contribution in [2.75, 3.05) is 0 Å². The highest BCUT2D eigenvalue weighted by Gasteiger charge is 2.19. The van der Waals surface area contributed by atoms with E-state index in [0.29, 0.717) is 6.04 Å². The van der Waals surface area contributed by atoms with Crippen LogP contribution in [0.5, 0.6) is 0 Å². The molecule has 2 heterocycles. The molecule has 0 saturated carbocycles. The maximum atomic E-state index is 4.71. The van der Waals surface area contributed by atoms with E-state index in [0.717, 1.165) is 22.9 Å². The molecule has 0 aliphatic carbocycles. The molecule has 0 radical (unpaired) electrons. The molecule has 5 heteroatoms. The molecule has 1 N–H and O–H groups in total. The van der Waals surface area contributed by atoms with E-state index < -0.39 is 0 Å². The molecule has 2 rings (SSSR count). The van der Waals surface area contributed by atoms with E-state index in [1.54, 1.807) is 22.7 Å². The second-order valence-electron chi connectivity index (χ2n) is 5.97. The highest BCUT2D eigenvalue weighted by Crippen LogP contribution is 2.31. The van der Waals surface area contributed by atoms with Crippen LogP contribution in [0.2, 0.25) is 0 Å². The van der Waals surface area contributed by atoms with Crippen LogP contribution in [0.25, 0.3) is 10.7 Å². The third-order valence-electron chi connectivity index (χ3n) is 2.61. The van der Waals surface area contributed by atoms with E-state index in [1.165, 1.54) is 5.01 Å². The average molecular weight is 295 g/mol. The number of hydrogen-bond acceptors (Lipinski definition) is 5. The Morgan fingerprint density at radius 3 is 2.47 bits per heavy atom. The van der Waals surface area contributed by atoms with Gasteiger partial charge in [-0.3, -0.25) is 0 Å². The Balaban J connectivity index is 2.12. The summed E-state index contributed by atoms with van der Waals surface area (Å²) in [5.74, 6) is 0. The van der Waals surface area contributed by atoms with Gasteiger partial charge in [0.2, 0.25) is 0 Å². The summed E-state index contributed by atoms with van der Waals surface area (Å²) in [5, 5.41) is 9.79. The Morgan fingerprint density at radius 2 is 1.89 bits per heavy atom. The molecule has 0 aliphatic rings. The average Bonchev–Trinajstić information content (AvgIpc) is 2.94. The van der Waals surface area contributed by atoms with Crippen molar-refractivity contribution in [3.8, 4) is 10.7 Å². The molecule has 0 amide bonds. The first-order valence-corrected chi connectivity index (χ1v) is 8.26. The SMILES string of the molecule is CC(C)NCc1csc(-c2csc(C(C)(C)C)n2)n1. The van der Waals surface area contributed by atoms with Crippen LogP contribution in [0.1, 0.15) is 45.3 Å². The quantitative estimate of drug-likeness (QED) is 0.924. The van der Waals surface area contributed by atoms with E-state index in [2.05, 4.69) is 55.7 Å². The van der Waals surface area contributed by atoms with Gasteiger partial charge >= 0.3 is 0 Å². The Hall–Kier alpha value is -0.780. The van der Waals surface area contributed by atoms with Crippen molar-refractivity contribution in [2.45, 2.75) is 52.6 Å². The maximum Gasteiger partial charge on any atom is 0.143 e. The fraction of sp³-hybridized carbons (Fsp3) is 0.571. The lowest BCUT2D eigenvalue weighted by Crippen LogP contribution is -2.21. The Labute approximate surface area is 123 Å². The van der Waals surface area contributed by atoms with Gasteiger partial charge in [0, 0.05) is 28.8 Å². The minimum atomic E-state index is 0.113. The molecule has 0 atom stereocenters. The second kappa shape index (κ2) is 5.69. The minimum Gasteiger partial charge on any atom is -0.309 e. The van der Waals surface area contributed by atoms with Crippen molar-refractivity contribution in [1.82, 2.24) is 15.3 Å². The van der Waals surface area contributed by atoms with Gasteiger partial charge in [0.05, 0.1) is 10.7 Å². The molecule has 0 unspecified atom stereocenters. The maximum absolute atomic E-state index is 4.71. The first-order valence-electron chi connectivity index (χ1n) is 6.50. The number of hydrogen-bond donors (Lipinski definition) is 1. The molecular formula is C14H21N3S2. The van der Waals surface area contributed by atoms with Gasteiger partial charge in [-0.25, -0.2) is 9.97 Å². The minimum absolute atomic E-state index is 0.113. The monoisotopic (exact) mass is 295 g/mol. The van der Waals surface area contributed by atoms with Gasteiger partial charge in [0.1, 0.15) is 10.7 Å². The third-order valence-corrected chi connectivity index (χ3v) is 4.79. The molecule has 19 heavy (non-hydrogen) atoms. The lowest BCUT2D eigenvalue weighted by atomic mass is 9.98. The van der Waals surface area contributed by atoms with Gasteiger partial charge in [0.15, 0.2) is 0 Å². The molecule has 0 aromatic carbocycles. The summed E-state index contributed by atoms with van der Waals surface area (Å²) in [6.45, 7) is 11.7. The van der Waals surface area contributed by atoms with E-state index in [-0.39, 0.29) is 5.41 Å². The number of nitrogens with one attached hydrogen (secondary N) is 1. The largest absolute Gasteiger partial charge is 0.309 e. The lowest BCUT2D eigenvalue weighted by molar-refractivity contribution is 0.582. The Morgan fingerprint density at radius 1 is 1.16 bits per heavy atom. The standard InChI is InChI=1S/C14H21N3S2/c1-9(2)15-6-10-7-18-12(16-10)11-8-19-13(17-11)14(3,4)5/h7-9,15H,6H2,1-5H3. The fourth-order valence-corrected chi connectivity index (χ4v) is 3.28. The van der Waals surface area contributed by atoms with Crippen molar-refractivity contribution < 1.29 is 0 Å². The molecule has 104 valence electrons. The zero-order chi connectivity index (χ0) is 14.0. The molecule has 0 saturated heterocycles. The van der Waals surface area contributed by atoms with Gasteiger partial charge in [-0.05, 0) is 0 Å². The number of rotatable bonds is 4. The Kier molecular flexibility index (Phi) is 4.38. The molecule has 0 bridgehead atoms. The van der Waals surface area contributed by atoms with Crippen LogP contribution in [0.3, 0.4) is 0 Å². The van der Waals surface area contributed by atoms with E-state index in [9.17, 15) is 0 Å². The lowest BCUT2D eigenvalue weighted by Gasteiger charge is -2.13. The van der Waals surface area contributed by atoms with Crippen LogP contribution < -0.4 is 5.32 Å². The third kappa shape index (κ3) is 3.84. The van der Waals surface area contributed by atoms with E-state index >= 15 is 0 Å². The predicted molar refractivity (Wildman–Crippen MR) is 83.9 cm³/mol. The van der Waals surface area contributed by atoms with Gasteiger partial charge in [-0.15, -0.1) is 22.7 Å². The molecule has 3 nitrogen and oxygen atoms in total. The topological polar surface area (TPSA) is 37.8 Å². The van der Waals surface area contributed by atoms with E-state index in [1.807, 2.05) is 0 Å². The second-order valence-corrected chi connectivity index (χ2v) is 7.68. The van der Waals surface area contributed by atoms with Crippen LogP contribution in [-0.2, 0) is 12.0 Å². The first-order chi connectivity index (χ1) is 8.86. The normalized spacial score (nSPS) is 12.3. The summed E-state index contributed by atoms with van der Waals surface area (Å²) in [6, 6.07) is 0.483. The zero-order valence-corrected chi connectivity index (χ0v) is 13.8. The molecule has 2 aromatic rings. The number of thiazole rings is 2. The summed E-state index contributed by atoms with van der Waals surface area (Å²) in [6.07, 6.45) is 0. The van der Waals surface area contributed by atoms with Gasteiger partial charge < -0.3 is 5.32 Å². The summed E-state index contributed by atoms with van der Waals surface area (Å²) in [4.78, 5) is 9.35. The van der Waals surface area contributed by atoms with Gasteiger partial charge in [-0.1, -0.05) is 34.6 Å². The Bertz CT molecular complexity index is 535. The van der Waals surface area contributed by atoms with Gasteiger partial charge in [-0.2, -0.15) is 0 Å².